The van der Waals surface area contributed by atoms with Crippen LogP contribution in [0.4, 0.5) is 5.69 Å². The van der Waals surface area contributed by atoms with Crippen molar-refractivity contribution in [2.75, 3.05) is 31.7 Å². The third-order valence-corrected chi connectivity index (χ3v) is 11.9. The van der Waals surface area contributed by atoms with Crippen LogP contribution in [-0.2, 0) is 21.4 Å². The fourth-order valence-corrected chi connectivity index (χ4v) is 8.76. The normalized spacial score (nSPS) is 23.0. The van der Waals surface area contributed by atoms with E-state index in [0.29, 0.717) is 25.1 Å². The van der Waals surface area contributed by atoms with E-state index in [-0.39, 0.29) is 40.7 Å². The van der Waals surface area contributed by atoms with Crippen molar-refractivity contribution in [3.8, 4) is 5.75 Å². The SMILES string of the molecule is CC[C@H](CCC(=O)C[C@H](O)[C@@H]1CC[C@H]1CN1C[C@@]2(CCCc3cc(Cl)ccc32)COc2ccc(C(=O)OC)cc21)Sc1ncccn1. The largest absolute Gasteiger partial charge is 0.490 e. The molecule has 1 saturated carbocycles. The maximum absolute atomic E-state index is 13.1. The van der Waals surface area contributed by atoms with E-state index < -0.39 is 6.10 Å². The molecule has 3 aliphatic rings. The number of ether oxygens (including phenoxy) is 2. The first-order valence-corrected chi connectivity index (χ1v) is 18.1. The van der Waals surface area contributed by atoms with Crippen molar-refractivity contribution in [1.82, 2.24) is 9.97 Å². The molecule has 1 aromatic heterocycles. The number of fused-ring (bicyclic) bond motifs is 3. The summed E-state index contributed by atoms with van der Waals surface area (Å²) < 4.78 is 11.6. The quantitative estimate of drug-likeness (QED) is 0.122. The van der Waals surface area contributed by atoms with Gasteiger partial charge in [-0.2, -0.15) is 0 Å². The molecule has 1 aliphatic heterocycles. The number of anilines is 1. The molecule has 2 heterocycles. The molecule has 6 rings (SSSR count). The monoisotopic (exact) mass is 677 g/mol. The number of Topliss-reactive ketones (excluding diaryl/α,β-unsaturated/α-hetero) is 1. The van der Waals surface area contributed by atoms with Crippen molar-refractivity contribution in [3.05, 3.63) is 76.6 Å². The van der Waals surface area contributed by atoms with Crippen LogP contribution in [-0.4, -0.2) is 65.0 Å². The van der Waals surface area contributed by atoms with Crippen molar-refractivity contribution < 1.29 is 24.2 Å². The average Bonchev–Trinajstić information content (AvgIpc) is 3.21. The molecular weight excluding hydrogens is 634 g/mol. The van der Waals surface area contributed by atoms with E-state index in [1.54, 1.807) is 36.3 Å². The van der Waals surface area contributed by atoms with E-state index in [1.807, 2.05) is 18.2 Å². The molecule has 2 aromatic carbocycles. The minimum atomic E-state index is -0.679. The molecule has 0 bridgehead atoms. The minimum Gasteiger partial charge on any atom is -0.490 e. The van der Waals surface area contributed by atoms with Gasteiger partial charge in [-0.25, -0.2) is 14.8 Å². The second kappa shape index (κ2) is 15.0. The highest BCUT2D eigenvalue weighted by Gasteiger charge is 2.44. The van der Waals surface area contributed by atoms with Crippen molar-refractivity contribution in [2.24, 2.45) is 11.8 Å². The lowest BCUT2D eigenvalue weighted by molar-refractivity contribution is -0.123. The first-order chi connectivity index (χ1) is 22.8. The fraction of sp³-hybridized carbons (Fsp3) is 0.514. The van der Waals surface area contributed by atoms with Gasteiger partial charge in [-0.05, 0) is 104 Å². The first-order valence-electron chi connectivity index (χ1n) is 16.8. The standard InChI is InChI=1S/C37H44ClN3O5S/c1-3-29(47-36-39-16-5-17-40-36)11-10-28(42)20-33(43)30-12-7-26(30)21-41-22-37(15-4-6-24-18-27(38)9-13-31(24)37)23-46-34-14-8-25(19-32(34)41)35(44)45-2/h5,8-9,13-14,16-19,26,29-30,33,43H,3-4,6-7,10-12,15,20-23H2,1-2H3/t26-,29+,30+,33-,37-/m0/s1. The van der Waals surface area contributed by atoms with Gasteiger partial charge in [0.25, 0.3) is 0 Å². The van der Waals surface area contributed by atoms with Crippen molar-refractivity contribution in [2.45, 2.75) is 86.6 Å². The predicted octanol–water partition coefficient (Wildman–Crippen LogP) is 7.09. The summed E-state index contributed by atoms with van der Waals surface area (Å²) in [7, 11) is 1.39. The molecule has 8 nitrogen and oxygen atoms in total. The van der Waals surface area contributed by atoms with Crippen molar-refractivity contribution in [1.29, 1.82) is 0 Å². The Hall–Kier alpha value is -3.14. The number of hydrogen-bond donors (Lipinski definition) is 1. The maximum atomic E-state index is 13.1. The highest BCUT2D eigenvalue weighted by Crippen LogP contribution is 2.47. The van der Waals surface area contributed by atoms with E-state index in [4.69, 9.17) is 21.1 Å². The molecule has 5 atom stereocenters. The molecule has 0 radical (unpaired) electrons. The van der Waals surface area contributed by atoms with E-state index in [2.05, 4.69) is 33.9 Å². The van der Waals surface area contributed by atoms with Gasteiger partial charge in [0.05, 0.1) is 31.1 Å². The Morgan fingerprint density at radius 3 is 2.77 bits per heavy atom. The molecule has 2 aliphatic carbocycles. The highest BCUT2D eigenvalue weighted by atomic mass is 35.5. The van der Waals surface area contributed by atoms with E-state index in [1.165, 1.54) is 18.2 Å². The molecule has 0 saturated heterocycles. The van der Waals surface area contributed by atoms with Crippen molar-refractivity contribution >= 4 is 40.8 Å². The number of carbonyl (C=O) groups is 2. The van der Waals surface area contributed by atoms with Gasteiger partial charge in [0, 0.05) is 54.0 Å². The number of halogens is 1. The van der Waals surface area contributed by atoms with E-state index in [9.17, 15) is 14.7 Å². The van der Waals surface area contributed by atoms with Gasteiger partial charge in [-0.1, -0.05) is 36.4 Å². The maximum Gasteiger partial charge on any atom is 0.337 e. The van der Waals surface area contributed by atoms with Crippen LogP contribution in [0.1, 0.15) is 79.8 Å². The lowest BCUT2D eigenvalue weighted by atomic mass is 9.68. The number of rotatable bonds is 12. The summed E-state index contributed by atoms with van der Waals surface area (Å²) in [6.07, 6.45) is 9.93. The average molecular weight is 678 g/mol. The number of aromatic nitrogens is 2. The zero-order valence-corrected chi connectivity index (χ0v) is 28.8. The number of ketones is 1. The van der Waals surface area contributed by atoms with Crippen LogP contribution in [0.15, 0.2) is 60.0 Å². The number of hydrogen-bond acceptors (Lipinski definition) is 9. The van der Waals surface area contributed by atoms with Crippen molar-refractivity contribution in [3.63, 3.8) is 0 Å². The van der Waals surface area contributed by atoms with Gasteiger partial charge >= 0.3 is 5.97 Å². The topological polar surface area (TPSA) is 102 Å². The van der Waals surface area contributed by atoms with Crippen LogP contribution in [0.25, 0.3) is 0 Å². The Kier molecular flexibility index (Phi) is 10.7. The number of thioether (sulfide) groups is 1. The third-order valence-electron chi connectivity index (χ3n) is 10.3. The molecule has 47 heavy (non-hydrogen) atoms. The second-order valence-electron chi connectivity index (χ2n) is 13.3. The highest BCUT2D eigenvalue weighted by molar-refractivity contribution is 7.99. The van der Waals surface area contributed by atoms with Crippen LogP contribution in [0.3, 0.4) is 0 Å². The van der Waals surface area contributed by atoms with Crippen LogP contribution >= 0.6 is 23.4 Å². The Labute approximate surface area is 286 Å². The summed E-state index contributed by atoms with van der Waals surface area (Å²) in [4.78, 5) is 36.6. The van der Waals surface area contributed by atoms with Crippen LogP contribution in [0.2, 0.25) is 5.02 Å². The van der Waals surface area contributed by atoms with Gasteiger partial charge < -0.3 is 19.5 Å². The number of aliphatic hydroxyl groups is 1. The van der Waals surface area contributed by atoms with Gasteiger partial charge in [0.15, 0.2) is 5.16 Å². The molecular formula is C37H44ClN3O5S. The molecule has 0 unspecified atom stereocenters. The van der Waals surface area contributed by atoms with Gasteiger partial charge in [-0.3, -0.25) is 4.79 Å². The predicted molar refractivity (Wildman–Crippen MR) is 185 cm³/mol. The lowest BCUT2D eigenvalue weighted by Gasteiger charge is -2.45. The number of esters is 1. The molecule has 1 fully saturated rings. The van der Waals surface area contributed by atoms with E-state index in [0.717, 1.165) is 73.1 Å². The van der Waals surface area contributed by atoms with Crippen LogP contribution < -0.4 is 9.64 Å². The number of benzene rings is 2. The summed E-state index contributed by atoms with van der Waals surface area (Å²) >= 11 is 8.02. The summed E-state index contributed by atoms with van der Waals surface area (Å²) in [6.45, 7) is 4.07. The van der Waals surface area contributed by atoms with Crippen LogP contribution in [0, 0.1) is 11.8 Å². The van der Waals surface area contributed by atoms with Gasteiger partial charge in [0.2, 0.25) is 0 Å². The third kappa shape index (κ3) is 7.63. The number of carbonyl (C=O) groups excluding carboxylic acids is 2. The molecule has 1 spiro atoms. The Balaban J connectivity index is 1.16. The van der Waals surface area contributed by atoms with E-state index >= 15 is 0 Å². The molecule has 3 aromatic rings. The van der Waals surface area contributed by atoms with Crippen LogP contribution in [0.5, 0.6) is 5.75 Å². The molecule has 1 N–H and O–H groups in total. The lowest BCUT2D eigenvalue weighted by Crippen LogP contribution is -2.49. The second-order valence-corrected chi connectivity index (χ2v) is 15.0. The Bertz CT molecular complexity index is 1570. The summed E-state index contributed by atoms with van der Waals surface area (Å²) in [6, 6.07) is 13.5. The number of aliphatic hydroxyl groups excluding tert-OH is 1. The molecule has 250 valence electrons. The smallest absolute Gasteiger partial charge is 0.337 e. The van der Waals surface area contributed by atoms with Gasteiger partial charge in [0.1, 0.15) is 11.5 Å². The Morgan fingerprint density at radius 1 is 1.19 bits per heavy atom. The summed E-state index contributed by atoms with van der Waals surface area (Å²) in [5.74, 6) is 0.706. The Morgan fingerprint density at radius 2 is 2.02 bits per heavy atom. The first kappa shape index (κ1) is 33.7. The number of nitrogens with zero attached hydrogens (tertiary/aromatic N) is 3. The zero-order valence-electron chi connectivity index (χ0n) is 27.2. The fourth-order valence-electron chi connectivity index (χ4n) is 7.62. The summed E-state index contributed by atoms with van der Waals surface area (Å²) in [5.41, 5.74) is 3.65. The summed E-state index contributed by atoms with van der Waals surface area (Å²) in [5, 5.41) is 13.1. The number of aryl methyl sites for hydroxylation is 1. The minimum absolute atomic E-state index is 0.0397. The molecule has 0 amide bonds. The number of methoxy groups -OCH3 is 1. The zero-order chi connectivity index (χ0) is 33.0. The van der Waals surface area contributed by atoms with Gasteiger partial charge in [-0.15, -0.1) is 0 Å². The molecule has 10 heteroatoms.